The highest BCUT2D eigenvalue weighted by molar-refractivity contribution is 6.01. The highest BCUT2D eigenvalue weighted by atomic mass is 19.4. The van der Waals surface area contributed by atoms with Gasteiger partial charge in [-0.1, -0.05) is 24.3 Å². The molecule has 0 unspecified atom stereocenters. The second-order valence-electron chi connectivity index (χ2n) is 6.77. The molecule has 10 heteroatoms. The van der Waals surface area contributed by atoms with Crippen molar-refractivity contribution in [3.63, 3.8) is 0 Å². The van der Waals surface area contributed by atoms with Crippen LogP contribution in [0.5, 0.6) is 0 Å². The summed E-state index contributed by atoms with van der Waals surface area (Å²) in [6, 6.07) is 11.2. The van der Waals surface area contributed by atoms with Gasteiger partial charge in [-0.3, -0.25) is 4.98 Å². The van der Waals surface area contributed by atoms with Gasteiger partial charge in [-0.05, 0) is 23.8 Å². The second kappa shape index (κ2) is 7.20. The first kappa shape index (κ1) is 21.1. The minimum atomic E-state index is -5.00. The quantitative estimate of drug-likeness (QED) is 0.267. The third-order valence-electron chi connectivity index (χ3n) is 4.82. The Bertz CT molecular complexity index is 1320. The molecule has 0 fully saturated rings. The number of nitriles is 2. The van der Waals surface area contributed by atoms with E-state index in [4.69, 9.17) is 0 Å². The number of fused-ring (bicyclic) bond motifs is 3. The number of nitrogens with zero attached hydrogens (tertiary/aromatic N) is 4. The van der Waals surface area contributed by atoms with Crippen molar-refractivity contribution in [3.05, 3.63) is 76.6 Å². The molecule has 4 nitrogen and oxygen atoms in total. The van der Waals surface area contributed by atoms with E-state index in [9.17, 15) is 36.9 Å². The smallest absolute Gasteiger partial charge is 0.252 e. The van der Waals surface area contributed by atoms with E-state index in [0.717, 1.165) is 6.20 Å². The van der Waals surface area contributed by atoms with Crippen molar-refractivity contribution in [3.8, 4) is 34.7 Å². The molecule has 1 aliphatic rings. The van der Waals surface area contributed by atoms with E-state index >= 15 is 0 Å². The topological polar surface area (TPSA) is 73.4 Å². The fraction of sp³-hybridized carbons (Fsp3) is 0.0909. The molecule has 4 rings (SSSR count). The van der Waals surface area contributed by atoms with Gasteiger partial charge in [-0.2, -0.15) is 36.9 Å². The first-order chi connectivity index (χ1) is 15.0. The number of aromatic nitrogens is 2. The summed E-state index contributed by atoms with van der Waals surface area (Å²) >= 11 is 0. The third-order valence-corrected chi connectivity index (χ3v) is 4.82. The lowest BCUT2D eigenvalue weighted by molar-refractivity contribution is -0.143. The highest BCUT2D eigenvalue weighted by Gasteiger charge is 2.37. The molecule has 0 bridgehead atoms. The maximum absolute atomic E-state index is 13.2. The zero-order chi connectivity index (χ0) is 23.3. The van der Waals surface area contributed by atoms with Gasteiger partial charge in [0.15, 0.2) is 0 Å². The van der Waals surface area contributed by atoms with Crippen LogP contribution in [-0.4, -0.2) is 9.97 Å². The number of benzene rings is 2. The Morgan fingerprint density at radius 3 is 1.88 bits per heavy atom. The van der Waals surface area contributed by atoms with Gasteiger partial charge in [0.25, 0.3) is 0 Å². The normalized spacial score (nSPS) is 12.6. The average Bonchev–Trinajstić information content (AvgIpc) is 3.07. The van der Waals surface area contributed by atoms with Crippen LogP contribution in [0.1, 0.15) is 22.4 Å². The van der Waals surface area contributed by atoms with Crippen LogP contribution in [0.4, 0.5) is 26.3 Å². The number of allylic oxidation sites excluding steroid dienone is 1. The number of hydrogen-bond acceptors (Lipinski definition) is 4. The molecule has 0 saturated carbocycles. The van der Waals surface area contributed by atoms with Crippen LogP contribution in [0.15, 0.2) is 54.2 Å². The molecule has 1 aliphatic carbocycles. The van der Waals surface area contributed by atoms with Crippen LogP contribution in [0.25, 0.3) is 28.1 Å². The van der Waals surface area contributed by atoms with E-state index in [0.29, 0.717) is 23.3 Å². The molecule has 0 amide bonds. The van der Waals surface area contributed by atoms with Crippen molar-refractivity contribution in [2.24, 2.45) is 0 Å². The molecule has 0 N–H and O–H groups in total. The third kappa shape index (κ3) is 3.46. The molecule has 0 saturated heterocycles. The van der Waals surface area contributed by atoms with Gasteiger partial charge < -0.3 is 0 Å². The van der Waals surface area contributed by atoms with Crippen molar-refractivity contribution in [2.75, 3.05) is 0 Å². The van der Waals surface area contributed by atoms with Crippen LogP contribution in [0.3, 0.4) is 0 Å². The predicted octanol–water partition coefficient (Wildman–Crippen LogP) is 6.01. The van der Waals surface area contributed by atoms with Gasteiger partial charge in [0.1, 0.15) is 17.7 Å². The van der Waals surface area contributed by atoms with Crippen molar-refractivity contribution in [1.29, 1.82) is 10.5 Å². The second-order valence-corrected chi connectivity index (χ2v) is 6.77. The van der Waals surface area contributed by atoms with Gasteiger partial charge in [-0.25, -0.2) is 4.98 Å². The Kier molecular flexibility index (Phi) is 4.74. The van der Waals surface area contributed by atoms with Crippen LogP contribution in [0.2, 0.25) is 0 Å². The van der Waals surface area contributed by atoms with E-state index in [1.807, 2.05) is 0 Å². The molecule has 0 atom stereocenters. The molecule has 2 aromatic carbocycles. The molecular formula is C22H8F6N4. The maximum atomic E-state index is 13.2. The van der Waals surface area contributed by atoms with Gasteiger partial charge in [0.05, 0.1) is 34.4 Å². The molecule has 0 radical (unpaired) electrons. The lowest BCUT2D eigenvalue weighted by atomic mass is 10.0. The lowest BCUT2D eigenvalue weighted by Crippen LogP contribution is -2.11. The van der Waals surface area contributed by atoms with Crippen LogP contribution in [0, 0.1) is 22.7 Å². The van der Waals surface area contributed by atoms with Crippen LogP contribution >= 0.6 is 0 Å². The Hall–Kier alpha value is -4.18. The average molecular weight is 442 g/mol. The highest BCUT2D eigenvalue weighted by Crippen LogP contribution is 2.44. The Morgan fingerprint density at radius 2 is 1.34 bits per heavy atom. The fourth-order valence-corrected chi connectivity index (χ4v) is 3.43. The molecule has 0 spiro atoms. The summed E-state index contributed by atoms with van der Waals surface area (Å²) in [5, 5.41) is 18.6. The van der Waals surface area contributed by atoms with E-state index < -0.39 is 29.0 Å². The first-order valence-electron chi connectivity index (χ1n) is 8.86. The molecule has 32 heavy (non-hydrogen) atoms. The van der Waals surface area contributed by atoms with Gasteiger partial charge in [0, 0.05) is 16.7 Å². The minimum absolute atomic E-state index is 0.0343. The molecular weight excluding hydrogens is 434 g/mol. The standard InChI is InChI=1S/C22H8F6N4/c23-21(24,25)13-5-11(6-14(7-13)22(26,27)28)17-10-31-20-18(12(8-29)9-30)15-3-1-2-4-16(15)19(20)32-17/h1-7,10H. The van der Waals surface area contributed by atoms with E-state index in [2.05, 4.69) is 9.97 Å². The summed E-state index contributed by atoms with van der Waals surface area (Å²) in [6.07, 6.45) is -8.99. The number of alkyl halides is 6. The molecule has 3 aromatic rings. The molecule has 158 valence electrons. The van der Waals surface area contributed by atoms with Gasteiger partial charge in [0.2, 0.25) is 0 Å². The Labute approximate surface area is 176 Å². The molecule has 0 aliphatic heterocycles. The minimum Gasteiger partial charge on any atom is -0.252 e. The van der Waals surface area contributed by atoms with Gasteiger partial charge in [-0.15, -0.1) is 0 Å². The number of rotatable bonds is 1. The van der Waals surface area contributed by atoms with E-state index in [-0.39, 0.29) is 34.3 Å². The van der Waals surface area contributed by atoms with Gasteiger partial charge >= 0.3 is 12.4 Å². The summed E-state index contributed by atoms with van der Waals surface area (Å²) in [7, 11) is 0. The Balaban J connectivity index is 1.98. The van der Waals surface area contributed by atoms with Crippen LogP contribution in [-0.2, 0) is 12.4 Å². The summed E-state index contributed by atoms with van der Waals surface area (Å²) in [6.45, 7) is 0. The summed E-state index contributed by atoms with van der Waals surface area (Å²) in [5.74, 6) is 0. The molecule has 1 heterocycles. The predicted molar refractivity (Wildman–Crippen MR) is 100 cm³/mol. The van der Waals surface area contributed by atoms with Crippen molar-refractivity contribution in [2.45, 2.75) is 12.4 Å². The summed E-state index contributed by atoms with van der Waals surface area (Å²) < 4.78 is 79.3. The number of hydrogen-bond donors (Lipinski definition) is 0. The SMILES string of the molecule is N#CC(C#N)=C1c2ccccc2-c2nc(-c3cc(C(F)(F)F)cc(C(F)(F)F)c3)cnc21. The molecule has 1 aromatic heterocycles. The maximum Gasteiger partial charge on any atom is 0.416 e. The monoisotopic (exact) mass is 442 g/mol. The zero-order valence-electron chi connectivity index (χ0n) is 15.7. The number of halogens is 6. The van der Waals surface area contributed by atoms with Crippen molar-refractivity contribution < 1.29 is 26.3 Å². The summed E-state index contributed by atoms with van der Waals surface area (Å²) in [4.78, 5) is 8.41. The van der Waals surface area contributed by atoms with Crippen molar-refractivity contribution >= 4 is 5.57 Å². The largest absolute Gasteiger partial charge is 0.416 e. The zero-order valence-corrected chi connectivity index (χ0v) is 15.7. The fourth-order valence-electron chi connectivity index (χ4n) is 3.43. The van der Waals surface area contributed by atoms with E-state index in [1.54, 1.807) is 36.4 Å². The summed E-state index contributed by atoms with van der Waals surface area (Å²) in [5.41, 5.74) is -2.38. The van der Waals surface area contributed by atoms with Crippen LogP contribution < -0.4 is 0 Å². The first-order valence-corrected chi connectivity index (χ1v) is 8.86. The Morgan fingerprint density at radius 1 is 0.781 bits per heavy atom. The van der Waals surface area contributed by atoms with Crippen molar-refractivity contribution in [1.82, 2.24) is 9.97 Å². The van der Waals surface area contributed by atoms with E-state index in [1.165, 1.54) is 0 Å². The lowest BCUT2D eigenvalue weighted by Gasteiger charge is -2.14.